The van der Waals surface area contributed by atoms with Crippen molar-refractivity contribution in [2.45, 2.75) is 137 Å². The number of likely N-dealkylation sites (tertiary alicyclic amines) is 1. The lowest BCUT2D eigenvalue weighted by Gasteiger charge is -2.39. The van der Waals surface area contributed by atoms with Crippen molar-refractivity contribution in [1.29, 1.82) is 0 Å². The molecule has 1 saturated heterocycles. The lowest BCUT2D eigenvalue weighted by atomic mass is 9.78. The Morgan fingerprint density at radius 1 is 0.878 bits per heavy atom. The van der Waals surface area contributed by atoms with E-state index in [1.54, 1.807) is 32.7 Å². The predicted molar refractivity (Wildman–Crippen MR) is 184 cm³/mol. The molecule has 3 saturated carbocycles. The van der Waals surface area contributed by atoms with Gasteiger partial charge in [-0.25, -0.2) is 9.59 Å². The molecule has 4 aliphatic rings. The Balaban J connectivity index is 1.52. The molecular formula is C36H60N6O7. The summed E-state index contributed by atoms with van der Waals surface area (Å²) in [7, 11) is 1.66. The van der Waals surface area contributed by atoms with Crippen molar-refractivity contribution >= 4 is 35.6 Å². The zero-order chi connectivity index (χ0) is 36.6. The Morgan fingerprint density at radius 3 is 1.98 bits per heavy atom. The van der Waals surface area contributed by atoms with Gasteiger partial charge in [-0.05, 0) is 81.0 Å². The van der Waals surface area contributed by atoms with E-state index in [1.807, 2.05) is 20.8 Å². The maximum atomic E-state index is 14.4. The SMILES string of the molecule is CN(C[C@@H](NC(=O)N[C@H](C(=O)N1C[C@H]2[C@@H]([C@H]1C(=O)NC(C(=O)C(N)=O)C1CCC1)C2(C)C)C(C)(C)C)C1CCCCC1)C(=O)OC(C)(C)C. The van der Waals surface area contributed by atoms with Gasteiger partial charge in [-0.2, -0.15) is 0 Å². The van der Waals surface area contributed by atoms with E-state index in [2.05, 4.69) is 29.8 Å². The Morgan fingerprint density at radius 2 is 1.47 bits per heavy atom. The molecule has 49 heavy (non-hydrogen) atoms. The number of carbonyl (C=O) groups is 6. The number of ether oxygens (including phenoxy) is 1. The summed E-state index contributed by atoms with van der Waals surface area (Å²) in [5.74, 6) is -2.84. The summed E-state index contributed by atoms with van der Waals surface area (Å²) in [5.41, 5.74) is 3.77. The van der Waals surface area contributed by atoms with E-state index in [-0.39, 0.29) is 47.6 Å². The number of carbonyl (C=O) groups excluding carboxylic acids is 6. The molecule has 6 atom stereocenters. The summed E-state index contributed by atoms with van der Waals surface area (Å²) in [6.07, 6.45) is 6.85. The summed E-state index contributed by atoms with van der Waals surface area (Å²) in [6.45, 7) is 15.7. The van der Waals surface area contributed by atoms with Crippen LogP contribution < -0.4 is 21.7 Å². The molecule has 0 spiro atoms. The number of ketones is 1. The minimum Gasteiger partial charge on any atom is -0.444 e. The Hall–Kier alpha value is -3.38. The molecule has 3 aliphatic carbocycles. The van der Waals surface area contributed by atoms with Gasteiger partial charge in [0, 0.05) is 20.1 Å². The summed E-state index contributed by atoms with van der Waals surface area (Å²) >= 11 is 0. The van der Waals surface area contributed by atoms with E-state index < -0.39 is 58.9 Å². The van der Waals surface area contributed by atoms with Gasteiger partial charge in [-0.15, -0.1) is 0 Å². The van der Waals surface area contributed by atoms with E-state index >= 15 is 0 Å². The van der Waals surface area contributed by atoms with E-state index in [0.717, 1.165) is 38.5 Å². The number of primary amides is 1. The van der Waals surface area contributed by atoms with Crippen LogP contribution in [0.4, 0.5) is 9.59 Å². The molecule has 0 aromatic rings. The molecule has 13 heteroatoms. The van der Waals surface area contributed by atoms with Gasteiger partial charge < -0.3 is 36.2 Å². The molecule has 13 nitrogen and oxygen atoms in total. The number of piperidine rings is 1. The number of hydrogen-bond donors (Lipinski definition) is 4. The number of Topliss-reactive ketones (excluding diaryl/α,β-unsaturated/α-hetero) is 1. The van der Waals surface area contributed by atoms with Crippen molar-refractivity contribution < 1.29 is 33.5 Å². The highest BCUT2D eigenvalue weighted by Crippen LogP contribution is 2.65. The summed E-state index contributed by atoms with van der Waals surface area (Å²) in [4.78, 5) is 82.6. The molecule has 1 unspecified atom stereocenters. The van der Waals surface area contributed by atoms with Crippen LogP contribution in [0.25, 0.3) is 0 Å². The summed E-state index contributed by atoms with van der Waals surface area (Å²) in [5, 5.41) is 8.85. The zero-order valence-corrected chi connectivity index (χ0v) is 31.0. The van der Waals surface area contributed by atoms with Gasteiger partial charge in [0.05, 0.1) is 6.04 Å². The first kappa shape index (κ1) is 38.4. The average Bonchev–Trinajstić information content (AvgIpc) is 3.28. The van der Waals surface area contributed by atoms with Crippen molar-refractivity contribution in [1.82, 2.24) is 25.8 Å². The van der Waals surface area contributed by atoms with Gasteiger partial charge in [-0.1, -0.05) is 60.3 Å². The van der Waals surface area contributed by atoms with Gasteiger partial charge in [0.2, 0.25) is 17.6 Å². The monoisotopic (exact) mass is 688 g/mol. The topological polar surface area (TPSA) is 180 Å². The molecule has 0 aromatic heterocycles. The number of likely N-dealkylation sites (N-methyl/N-ethyl adjacent to an activating group) is 1. The van der Waals surface area contributed by atoms with Crippen LogP contribution in [-0.2, 0) is 23.9 Å². The summed E-state index contributed by atoms with van der Waals surface area (Å²) < 4.78 is 5.55. The third-order valence-corrected chi connectivity index (χ3v) is 11.3. The lowest BCUT2D eigenvalue weighted by Crippen LogP contribution is -2.63. The minimum atomic E-state index is -1.09. The van der Waals surface area contributed by atoms with Crippen molar-refractivity contribution in [2.75, 3.05) is 20.1 Å². The van der Waals surface area contributed by atoms with Crippen LogP contribution in [0.2, 0.25) is 0 Å². The van der Waals surface area contributed by atoms with Gasteiger partial charge >= 0.3 is 12.1 Å². The van der Waals surface area contributed by atoms with Crippen LogP contribution in [-0.4, -0.2) is 95.3 Å². The number of nitrogens with one attached hydrogen (secondary N) is 3. The quantitative estimate of drug-likeness (QED) is 0.240. The maximum Gasteiger partial charge on any atom is 0.410 e. The smallest absolute Gasteiger partial charge is 0.410 e. The molecule has 4 rings (SSSR count). The molecule has 4 fully saturated rings. The largest absolute Gasteiger partial charge is 0.444 e. The second kappa shape index (κ2) is 14.5. The van der Waals surface area contributed by atoms with Gasteiger partial charge in [0.1, 0.15) is 23.7 Å². The number of rotatable bonds is 11. The van der Waals surface area contributed by atoms with Crippen LogP contribution in [0.15, 0.2) is 0 Å². The van der Waals surface area contributed by atoms with Crippen molar-refractivity contribution in [3.63, 3.8) is 0 Å². The Kier molecular flexibility index (Phi) is 11.3. The van der Waals surface area contributed by atoms with Crippen molar-refractivity contribution in [2.24, 2.45) is 40.2 Å². The van der Waals surface area contributed by atoms with E-state index in [9.17, 15) is 28.8 Å². The highest BCUT2D eigenvalue weighted by Gasteiger charge is 2.70. The first-order valence-electron chi connectivity index (χ1n) is 18.1. The third kappa shape index (κ3) is 8.86. The predicted octanol–water partition coefficient (Wildman–Crippen LogP) is 3.34. The maximum absolute atomic E-state index is 14.4. The first-order chi connectivity index (χ1) is 22.6. The number of nitrogens with two attached hydrogens (primary N) is 1. The number of fused-ring (bicyclic) bond motifs is 1. The molecule has 0 aromatic carbocycles. The van der Waals surface area contributed by atoms with E-state index in [4.69, 9.17) is 10.5 Å². The molecule has 5 N–H and O–H groups in total. The van der Waals surface area contributed by atoms with E-state index in [0.29, 0.717) is 19.4 Å². The second-order valence-corrected chi connectivity index (χ2v) is 17.6. The van der Waals surface area contributed by atoms with Crippen LogP contribution >= 0.6 is 0 Å². The van der Waals surface area contributed by atoms with Gasteiger partial charge in [-0.3, -0.25) is 19.2 Å². The van der Waals surface area contributed by atoms with Crippen LogP contribution in [0, 0.1) is 34.5 Å². The zero-order valence-electron chi connectivity index (χ0n) is 31.0. The van der Waals surface area contributed by atoms with Crippen molar-refractivity contribution in [3.8, 4) is 0 Å². The number of nitrogens with zero attached hydrogens (tertiary/aromatic N) is 2. The number of hydrogen-bond acceptors (Lipinski definition) is 7. The van der Waals surface area contributed by atoms with Gasteiger partial charge in [0.25, 0.3) is 5.91 Å². The standard InChI is InChI=1S/C36H60N6O7/c1-34(2,3)28(40-32(47)38-23(20-14-11-10-12-15-20)19-41(9)33(48)49-35(4,5)6)31(46)42-18-22-24(36(22,7)8)26(42)30(45)39-25(21-16-13-17-21)27(43)29(37)44/h20-26,28H,10-19H2,1-9H3,(H2,37,44)(H,39,45)(H2,38,40,47)/t22-,23+,24-,25?,26-,28+/m0/s1. The Bertz CT molecular complexity index is 1290. The molecule has 0 bridgehead atoms. The van der Waals surface area contributed by atoms with Crippen LogP contribution in [0.1, 0.15) is 107 Å². The molecule has 1 aliphatic heterocycles. The molecule has 1 heterocycles. The minimum absolute atomic E-state index is 0.0784. The highest BCUT2D eigenvalue weighted by molar-refractivity contribution is 6.38. The molecule has 6 amide bonds. The summed E-state index contributed by atoms with van der Waals surface area (Å²) in [6, 6.07) is -3.74. The fourth-order valence-electron chi connectivity index (χ4n) is 8.09. The first-order valence-corrected chi connectivity index (χ1v) is 18.1. The number of urea groups is 1. The fourth-order valence-corrected chi connectivity index (χ4v) is 8.09. The van der Waals surface area contributed by atoms with Crippen LogP contribution in [0.3, 0.4) is 0 Å². The van der Waals surface area contributed by atoms with Gasteiger partial charge in [0.15, 0.2) is 0 Å². The lowest BCUT2D eigenvalue weighted by molar-refractivity contribution is -0.145. The fraction of sp³-hybridized carbons (Fsp3) is 0.833. The normalized spacial score (nSPS) is 25.5. The molecule has 276 valence electrons. The van der Waals surface area contributed by atoms with E-state index in [1.165, 1.54) is 4.90 Å². The third-order valence-electron chi connectivity index (χ3n) is 11.3. The highest BCUT2D eigenvalue weighted by atomic mass is 16.6. The molecular weight excluding hydrogens is 628 g/mol. The average molecular weight is 689 g/mol. The Labute approximate surface area is 291 Å². The molecule has 0 radical (unpaired) electrons. The van der Waals surface area contributed by atoms with Crippen molar-refractivity contribution in [3.05, 3.63) is 0 Å². The second-order valence-electron chi connectivity index (χ2n) is 17.6. The van der Waals surface area contributed by atoms with Crippen LogP contribution in [0.5, 0.6) is 0 Å². The number of amides is 6.